The van der Waals surface area contributed by atoms with Crippen molar-refractivity contribution in [3.8, 4) is 0 Å². The molecule has 1 N–H and O–H groups in total. The summed E-state index contributed by atoms with van der Waals surface area (Å²) in [6.07, 6.45) is 6.01. The van der Waals surface area contributed by atoms with E-state index in [1.165, 1.54) is 19.3 Å². The van der Waals surface area contributed by atoms with Gasteiger partial charge in [0.1, 0.15) is 0 Å². The van der Waals surface area contributed by atoms with E-state index in [1.54, 1.807) is 0 Å². The average Bonchev–Trinajstić information content (AvgIpc) is 2.66. The topological polar surface area (TPSA) is 33.1 Å². The van der Waals surface area contributed by atoms with Crippen molar-refractivity contribution >= 4 is 5.95 Å². The molecule has 1 aromatic rings. The minimum Gasteiger partial charge on any atom is -0.342 e. The molecule has 4 nitrogen and oxygen atoms in total. The van der Waals surface area contributed by atoms with E-state index in [-0.39, 0.29) is 0 Å². The van der Waals surface area contributed by atoms with Crippen LogP contribution in [0.5, 0.6) is 0 Å². The van der Waals surface area contributed by atoms with Crippen molar-refractivity contribution in [1.29, 1.82) is 0 Å². The lowest BCUT2D eigenvalue weighted by Crippen LogP contribution is -2.36. The Balaban J connectivity index is 1.88. The zero-order valence-electron chi connectivity index (χ0n) is 11.2. The second kappa shape index (κ2) is 5.54. The highest BCUT2D eigenvalue weighted by atomic mass is 15.3. The van der Waals surface area contributed by atoms with E-state index in [1.807, 2.05) is 7.05 Å². The van der Waals surface area contributed by atoms with E-state index in [2.05, 4.69) is 39.9 Å². The second-order valence-electron chi connectivity index (χ2n) is 5.12. The molecule has 0 bridgehead atoms. The van der Waals surface area contributed by atoms with Crippen molar-refractivity contribution in [3.63, 3.8) is 0 Å². The van der Waals surface area contributed by atoms with Gasteiger partial charge in [-0.05, 0) is 45.7 Å². The van der Waals surface area contributed by atoms with Gasteiger partial charge >= 0.3 is 0 Å². The van der Waals surface area contributed by atoms with Crippen molar-refractivity contribution in [3.05, 3.63) is 11.9 Å². The first kappa shape index (κ1) is 12.4. The predicted octanol–water partition coefficient (Wildman–Crippen LogP) is 1.55. The van der Waals surface area contributed by atoms with E-state index in [4.69, 9.17) is 0 Å². The summed E-state index contributed by atoms with van der Waals surface area (Å²) in [5.74, 6) is 2.02. The highest BCUT2D eigenvalue weighted by Crippen LogP contribution is 2.24. The van der Waals surface area contributed by atoms with Crippen LogP contribution >= 0.6 is 0 Å². The average molecular weight is 236 g/mol. The van der Waals surface area contributed by atoms with Crippen molar-refractivity contribution in [1.82, 2.24) is 14.9 Å². The summed E-state index contributed by atoms with van der Waals surface area (Å²) >= 11 is 0. The minimum absolute atomic E-state index is 0.889. The first-order chi connectivity index (χ1) is 8.20. The van der Waals surface area contributed by atoms with Crippen molar-refractivity contribution in [2.75, 3.05) is 31.6 Å². The number of piperidine rings is 1. The Morgan fingerprint density at radius 2 is 2.12 bits per heavy atom. The Bertz CT molecular complexity index is 350. The molecule has 96 valence electrons. The van der Waals surface area contributed by atoms with Gasteiger partial charge in [0.2, 0.25) is 5.95 Å². The predicted molar refractivity (Wildman–Crippen MR) is 71.4 cm³/mol. The summed E-state index contributed by atoms with van der Waals surface area (Å²) in [6, 6.07) is 0. The van der Waals surface area contributed by atoms with Gasteiger partial charge in [0.05, 0.1) is 5.69 Å². The summed E-state index contributed by atoms with van der Waals surface area (Å²) in [4.78, 5) is 7.02. The molecule has 0 saturated carbocycles. The first-order valence-corrected chi connectivity index (χ1v) is 6.60. The lowest BCUT2D eigenvalue weighted by molar-refractivity contribution is 0.374. The maximum absolute atomic E-state index is 4.60. The number of nitrogens with one attached hydrogen (secondary N) is 1. The van der Waals surface area contributed by atoms with Crippen LogP contribution in [0.1, 0.15) is 25.0 Å². The maximum Gasteiger partial charge on any atom is 0.205 e. The molecule has 1 aromatic heterocycles. The monoisotopic (exact) mass is 236 g/mol. The van der Waals surface area contributed by atoms with E-state index < -0.39 is 0 Å². The maximum atomic E-state index is 4.60. The zero-order chi connectivity index (χ0) is 12.3. The molecule has 1 aliphatic rings. The van der Waals surface area contributed by atoms with Crippen molar-refractivity contribution in [2.45, 2.75) is 26.2 Å². The number of rotatable bonds is 4. The zero-order valence-corrected chi connectivity index (χ0v) is 11.2. The normalized spacial score (nSPS) is 17.7. The SMILES string of the molecule is CNCCC1CCN(c2nc(C)cn2C)CC1. The molecular formula is C13H24N4. The summed E-state index contributed by atoms with van der Waals surface area (Å²) in [7, 11) is 4.12. The molecule has 0 aromatic carbocycles. The van der Waals surface area contributed by atoms with E-state index >= 15 is 0 Å². The van der Waals surface area contributed by atoms with Crippen LogP contribution in [0.4, 0.5) is 5.95 Å². The number of hydrogen-bond acceptors (Lipinski definition) is 3. The van der Waals surface area contributed by atoms with Crippen LogP contribution in [0.15, 0.2) is 6.20 Å². The molecular weight excluding hydrogens is 212 g/mol. The number of aryl methyl sites for hydroxylation is 2. The van der Waals surface area contributed by atoms with Crippen molar-refractivity contribution < 1.29 is 0 Å². The number of hydrogen-bond donors (Lipinski definition) is 1. The summed E-state index contributed by atoms with van der Waals surface area (Å²) in [6.45, 7) is 5.51. The summed E-state index contributed by atoms with van der Waals surface area (Å²) < 4.78 is 2.14. The fourth-order valence-electron chi connectivity index (χ4n) is 2.67. The van der Waals surface area contributed by atoms with Gasteiger partial charge in [0, 0.05) is 26.3 Å². The van der Waals surface area contributed by atoms with E-state index in [9.17, 15) is 0 Å². The standard InChI is InChI=1S/C13H24N4/c1-11-10-16(3)13(15-11)17-8-5-12(6-9-17)4-7-14-2/h10,12,14H,4-9H2,1-3H3. The lowest BCUT2D eigenvalue weighted by atomic mass is 9.94. The Morgan fingerprint density at radius 1 is 1.41 bits per heavy atom. The third kappa shape index (κ3) is 3.00. The number of imidazole rings is 1. The Kier molecular flexibility index (Phi) is 4.05. The molecule has 1 aliphatic heterocycles. The molecule has 0 aliphatic carbocycles. The largest absolute Gasteiger partial charge is 0.342 e. The second-order valence-corrected chi connectivity index (χ2v) is 5.12. The van der Waals surface area contributed by atoms with Crippen LogP contribution in [0.2, 0.25) is 0 Å². The van der Waals surface area contributed by atoms with Crippen LogP contribution in [0.25, 0.3) is 0 Å². The van der Waals surface area contributed by atoms with Gasteiger partial charge in [-0.2, -0.15) is 0 Å². The molecule has 0 radical (unpaired) electrons. The third-order valence-electron chi connectivity index (χ3n) is 3.67. The van der Waals surface area contributed by atoms with Crippen LogP contribution in [0, 0.1) is 12.8 Å². The Morgan fingerprint density at radius 3 is 2.65 bits per heavy atom. The third-order valence-corrected chi connectivity index (χ3v) is 3.67. The first-order valence-electron chi connectivity index (χ1n) is 6.60. The molecule has 1 saturated heterocycles. The van der Waals surface area contributed by atoms with Crippen molar-refractivity contribution in [2.24, 2.45) is 13.0 Å². The summed E-state index contributed by atoms with van der Waals surface area (Å²) in [5, 5.41) is 3.24. The van der Waals surface area contributed by atoms with E-state index in [0.717, 1.165) is 37.2 Å². The van der Waals surface area contributed by atoms with Gasteiger partial charge < -0.3 is 14.8 Å². The van der Waals surface area contributed by atoms with Gasteiger partial charge in [-0.25, -0.2) is 4.98 Å². The fraction of sp³-hybridized carbons (Fsp3) is 0.769. The van der Waals surface area contributed by atoms with Crippen LogP contribution in [-0.4, -0.2) is 36.2 Å². The number of nitrogens with zero attached hydrogens (tertiary/aromatic N) is 3. The Hall–Kier alpha value is -1.03. The highest BCUT2D eigenvalue weighted by Gasteiger charge is 2.21. The van der Waals surface area contributed by atoms with Crippen LogP contribution < -0.4 is 10.2 Å². The van der Waals surface area contributed by atoms with Gasteiger partial charge in [-0.1, -0.05) is 0 Å². The molecule has 2 heterocycles. The van der Waals surface area contributed by atoms with Crippen LogP contribution in [0.3, 0.4) is 0 Å². The smallest absolute Gasteiger partial charge is 0.205 e. The molecule has 4 heteroatoms. The molecule has 0 unspecified atom stereocenters. The molecule has 0 spiro atoms. The van der Waals surface area contributed by atoms with Gasteiger partial charge in [-0.3, -0.25) is 0 Å². The molecule has 2 rings (SSSR count). The molecule has 17 heavy (non-hydrogen) atoms. The number of anilines is 1. The Labute approximate surface area is 104 Å². The van der Waals surface area contributed by atoms with E-state index in [0.29, 0.717) is 0 Å². The van der Waals surface area contributed by atoms with Gasteiger partial charge in [-0.15, -0.1) is 0 Å². The summed E-state index contributed by atoms with van der Waals surface area (Å²) in [5.41, 5.74) is 1.11. The number of aromatic nitrogens is 2. The fourth-order valence-corrected chi connectivity index (χ4v) is 2.67. The molecule has 0 atom stereocenters. The highest BCUT2D eigenvalue weighted by molar-refractivity contribution is 5.33. The van der Waals surface area contributed by atoms with Gasteiger partial charge in [0.25, 0.3) is 0 Å². The quantitative estimate of drug-likeness (QED) is 0.861. The van der Waals surface area contributed by atoms with Crippen LogP contribution in [-0.2, 0) is 7.05 Å². The molecule has 1 fully saturated rings. The molecule has 0 amide bonds. The minimum atomic E-state index is 0.889. The lowest BCUT2D eigenvalue weighted by Gasteiger charge is -2.32. The van der Waals surface area contributed by atoms with Gasteiger partial charge in [0.15, 0.2) is 0 Å².